The van der Waals surface area contributed by atoms with E-state index in [9.17, 15) is 4.79 Å². The van der Waals surface area contributed by atoms with Gasteiger partial charge in [0.2, 0.25) is 5.88 Å². The number of aromatic nitrogens is 1. The first-order valence-electron chi connectivity index (χ1n) is 7.90. The SMILES string of the molecule is COc1ccc(CCNC(=O)N2CC(N)C3(CCC3)C2)cn1. The second kappa shape index (κ2) is 6.12. The van der Waals surface area contributed by atoms with Crippen molar-refractivity contribution >= 4 is 6.03 Å². The molecule has 2 aliphatic rings. The Morgan fingerprint density at radius 2 is 2.36 bits per heavy atom. The molecular formula is C16H24N4O2. The van der Waals surface area contributed by atoms with E-state index in [1.54, 1.807) is 13.3 Å². The summed E-state index contributed by atoms with van der Waals surface area (Å²) < 4.78 is 5.03. The standard InChI is InChI=1S/C16H24N4O2/c1-22-14-4-3-12(9-19-14)5-8-18-15(21)20-10-13(17)16(11-20)6-2-7-16/h3-4,9,13H,2,5-8,10-11,17H2,1H3,(H,18,21). The largest absolute Gasteiger partial charge is 0.481 e. The Hall–Kier alpha value is -1.82. The summed E-state index contributed by atoms with van der Waals surface area (Å²) in [4.78, 5) is 18.3. The third kappa shape index (κ3) is 2.88. The van der Waals surface area contributed by atoms with Crippen LogP contribution >= 0.6 is 0 Å². The van der Waals surface area contributed by atoms with E-state index in [0.717, 1.165) is 31.4 Å². The molecule has 0 radical (unpaired) electrons. The summed E-state index contributed by atoms with van der Waals surface area (Å²) >= 11 is 0. The van der Waals surface area contributed by atoms with Crippen molar-refractivity contribution in [3.63, 3.8) is 0 Å². The summed E-state index contributed by atoms with van der Waals surface area (Å²) in [6.45, 7) is 2.09. The van der Waals surface area contributed by atoms with Crippen molar-refractivity contribution < 1.29 is 9.53 Å². The fraction of sp³-hybridized carbons (Fsp3) is 0.625. The number of rotatable bonds is 4. The molecule has 1 saturated heterocycles. The smallest absolute Gasteiger partial charge is 0.317 e. The van der Waals surface area contributed by atoms with Gasteiger partial charge in [0.05, 0.1) is 7.11 Å². The predicted molar refractivity (Wildman–Crippen MR) is 83.7 cm³/mol. The van der Waals surface area contributed by atoms with Gasteiger partial charge < -0.3 is 20.7 Å². The molecule has 1 atom stereocenters. The molecule has 22 heavy (non-hydrogen) atoms. The maximum atomic E-state index is 12.2. The van der Waals surface area contributed by atoms with Crippen LogP contribution in [0.4, 0.5) is 4.79 Å². The van der Waals surface area contributed by atoms with E-state index in [1.807, 2.05) is 17.0 Å². The van der Waals surface area contributed by atoms with Gasteiger partial charge >= 0.3 is 6.03 Å². The fourth-order valence-corrected chi connectivity index (χ4v) is 3.41. The summed E-state index contributed by atoms with van der Waals surface area (Å²) in [5.41, 5.74) is 7.49. The van der Waals surface area contributed by atoms with E-state index in [-0.39, 0.29) is 17.5 Å². The second-order valence-corrected chi connectivity index (χ2v) is 6.39. The molecule has 1 aromatic rings. The van der Waals surface area contributed by atoms with E-state index in [1.165, 1.54) is 6.42 Å². The fourth-order valence-electron chi connectivity index (χ4n) is 3.41. The average Bonchev–Trinajstić information content (AvgIpc) is 2.86. The Balaban J connectivity index is 1.44. The van der Waals surface area contributed by atoms with Crippen molar-refractivity contribution in [1.29, 1.82) is 0 Å². The molecule has 0 aromatic carbocycles. The van der Waals surface area contributed by atoms with Crippen LogP contribution in [-0.4, -0.2) is 48.7 Å². The van der Waals surface area contributed by atoms with Crippen molar-refractivity contribution in [3.8, 4) is 5.88 Å². The van der Waals surface area contributed by atoms with Crippen LogP contribution in [0.5, 0.6) is 5.88 Å². The Morgan fingerprint density at radius 3 is 2.91 bits per heavy atom. The van der Waals surface area contributed by atoms with Gasteiger partial charge in [0.15, 0.2) is 0 Å². The molecule has 3 N–H and O–H groups in total. The van der Waals surface area contributed by atoms with Crippen LogP contribution in [0, 0.1) is 5.41 Å². The van der Waals surface area contributed by atoms with Crippen LogP contribution < -0.4 is 15.8 Å². The number of hydrogen-bond acceptors (Lipinski definition) is 4. The minimum absolute atomic E-state index is 0.000644. The van der Waals surface area contributed by atoms with Crippen LogP contribution in [0.3, 0.4) is 0 Å². The van der Waals surface area contributed by atoms with Crippen molar-refractivity contribution in [1.82, 2.24) is 15.2 Å². The number of urea groups is 1. The molecule has 1 aromatic heterocycles. The molecule has 120 valence electrons. The first-order chi connectivity index (χ1) is 10.6. The highest BCUT2D eigenvalue weighted by Crippen LogP contribution is 2.47. The first-order valence-corrected chi connectivity index (χ1v) is 7.90. The molecule has 1 spiro atoms. The van der Waals surface area contributed by atoms with Gasteiger partial charge in [0, 0.05) is 43.4 Å². The Kier molecular flexibility index (Phi) is 4.20. The number of nitrogens with one attached hydrogen (secondary N) is 1. The lowest BCUT2D eigenvalue weighted by Gasteiger charge is -2.41. The number of likely N-dealkylation sites (tertiary alicyclic amines) is 1. The van der Waals surface area contributed by atoms with Crippen LogP contribution in [0.25, 0.3) is 0 Å². The van der Waals surface area contributed by atoms with Gasteiger partial charge in [-0.3, -0.25) is 0 Å². The molecule has 6 heteroatoms. The number of ether oxygens (including phenoxy) is 1. The van der Waals surface area contributed by atoms with E-state index < -0.39 is 0 Å². The summed E-state index contributed by atoms with van der Waals surface area (Å²) in [7, 11) is 1.60. The summed E-state index contributed by atoms with van der Waals surface area (Å²) in [6, 6.07) is 3.93. The van der Waals surface area contributed by atoms with E-state index in [2.05, 4.69) is 10.3 Å². The Labute approximate surface area is 131 Å². The zero-order chi connectivity index (χ0) is 15.6. The third-order valence-electron chi connectivity index (χ3n) is 5.04. The van der Waals surface area contributed by atoms with Gasteiger partial charge in [-0.25, -0.2) is 9.78 Å². The number of carbonyl (C=O) groups excluding carboxylic acids is 1. The van der Waals surface area contributed by atoms with Gasteiger partial charge in [-0.2, -0.15) is 0 Å². The maximum absolute atomic E-state index is 12.2. The molecule has 1 aliphatic carbocycles. The number of carbonyl (C=O) groups is 1. The minimum Gasteiger partial charge on any atom is -0.481 e. The molecule has 3 rings (SSSR count). The quantitative estimate of drug-likeness (QED) is 0.874. The zero-order valence-electron chi connectivity index (χ0n) is 13.0. The Morgan fingerprint density at radius 1 is 1.55 bits per heavy atom. The molecule has 1 unspecified atom stereocenters. The topological polar surface area (TPSA) is 80.5 Å². The van der Waals surface area contributed by atoms with Crippen LogP contribution in [-0.2, 0) is 6.42 Å². The normalized spacial score (nSPS) is 22.5. The van der Waals surface area contributed by atoms with Crippen molar-refractivity contribution in [2.45, 2.75) is 31.7 Å². The van der Waals surface area contributed by atoms with Crippen molar-refractivity contribution in [3.05, 3.63) is 23.9 Å². The number of pyridine rings is 1. The predicted octanol–water partition coefficient (Wildman–Crippen LogP) is 1.16. The van der Waals surface area contributed by atoms with Gasteiger partial charge in [0.1, 0.15) is 0 Å². The highest BCUT2D eigenvalue weighted by molar-refractivity contribution is 5.74. The highest BCUT2D eigenvalue weighted by atomic mass is 16.5. The van der Waals surface area contributed by atoms with Crippen LogP contribution in [0.15, 0.2) is 18.3 Å². The van der Waals surface area contributed by atoms with Crippen molar-refractivity contribution in [2.24, 2.45) is 11.1 Å². The number of nitrogens with zero attached hydrogens (tertiary/aromatic N) is 2. The number of amides is 2. The molecule has 2 fully saturated rings. The monoisotopic (exact) mass is 304 g/mol. The number of hydrogen-bond donors (Lipinski definition) is 2. The van der Waals surface area contributed by atoms with E-state index >= 15 is 0 Å². The second-order valence-electron chi connectivity index (χ2n) is 6.39. The first kappa shape index (κ1) is 15.1. The van der Waals surface area contributed by atoms with E-state index in [0.29, 0.717) is 19.0 Å². The molecule has 2 amide bonds. The third-order valence-corrected chi connectivity index (χ3v) is 5.04. The van der Waals surface area contributed by atoms with E-state index in [4.69, 9.17) is 10.5 Å². The number of methoxy groups -OCH3 is 1. The summed E-state index contributed by atoms with van der Waals surface area (Å²) in [6.07, 6.45) is 6.10. The van der Waals surface area contributed by atoms with Crippen LogP contribution in [0.1, 0.15) is 24.8 Å². The lowest BCUT2D eigenvalue weighted by molar-refractivity contribution is 0.125. The van der Waals surface area contributed by atoms with Crippen LogP contribution in [0.2, 0.25) is 0 Å². The van der Waals surface area contributed by atoms with Gasteiger partial charge in [-0.05, 0) is 24.8 Å². The molecule has 1 aliphatic heterocycles. The minimum atomic E-state index is 0.000644. The zero-order valence-corrected chi connectivity index (χ0v) is 13.0. The molecular weight excluding hydrogens is 280 g/mol. The highest BCUT2D eigenvalue weighted by Gasteiger charge is 2.49. The molecule has 1 saturated carbocycles. The van der Waals surface area contributed by atoms with Gasteiger partial charge in [-0.15, -0.1) is 0 Å². The van der Waals surface area contributed by atoms with Gasteiger partial charge in [-0.1, -0.05) is 12.5 Å². The van der Waals surface area contributed by atoms with Gasteiger partial charge in [0.25, 0.3) is 0 Å². The summed E-state index contributed by atoms with van der Waals surface area (Å²) in [5, 5.41) is 2.98. The average molecular weight is 304 g/mol. The number of nitrogens with two attached hydrogens (primary N) is 1. The Bertz CT molecular complexity index is 527. The molecule has 2 heterocycles. The lowest BCUT2D eigenvalue weighted by atomic mass is 9.66. The summed E-state index contributed by atoms with van der Waals surface area (Å²) in [5.74, 6) is 0.602. The lowest BCUT2D eigenvalue weighted by Crippen LogP contribution is -2.45. The maximum Gasteiger partial charge on any atom is 0.317 e. The molecule has 6 nitrogen and oxygen atoms in total. The molecule has 0 bridgehead atoms. The van der Waals surface area contributed by atoms with Crippen molar-refractivity contribution in [2.75, 3.05) is 26.7 Å².